The first-order valence-electron chi connectivity index (χ1n) is 14.5. The predicted molar refractivity (Wildman–Crippen MR) is 162 cm³/mol. The Balaban J connectivity index is 1.19. The summed E-state index contributed by atoms with van der Waals surface area (Å²) in [4.78, 5) is 10.2. The number of fused-ring (bicyclic) bond motifs is 1. The zero-order valence-electron chi connectivity index (χ0n) is 25.0. The van der Waals surface area contributed by atoms with Crippen LogP contribution in [-0.2, 0) is 28.3 Å². The number of sulfone groups is 1. The van der Waals surface area contributed by atoms with Crippen LogP contribution in [0.1, 0.15) is 66.1 Å². The maximum absolute atomic E-state index is 14.8. The number of nitrogens with one attached hydrogen (secondary N) is 1. The van der Waals surface area contributed by atoms with Crippen molar-refractivity contribution in [2.45, 2.75) is 56.4 Å². The topological polar surface area (TPSA) is 110 Å². The molecule has 244 valence electrons. The molecule has 9 nitrogen and oxygen atoms in total. The van der Waals surface area contributed by atoms with Gasteiger partial charge in [-0.05, 0) is 74.7 Å². The first kappa shape index (κ1) is 32.2. The molecule has 2 aromatic carbocycles. The number of ether oxygens (including phenoxy) is 2. The third-order valence-electron chi connectivity index (χ3n) is 8.53. The summed E-state index contributed by atoms with van der Waals surface area (Å²) in [7, 11) is -3.56. The van der Waals surface area contributed by atoms with Crippen LogP contribution in [-0.4, -0.2) is 52.8 Å². The number of halogens is 5. The van der Waals surface area contributed by atoms with Gasteiger partial charge in [0.1, 0.15) is 5.82 Å². The van der Waals surface area contributed by atoms with Crippen LogP contribution < -0.4 is 9.47 Å². The lowest BCUT2D eigenvalue weighted by atomic mass is 9.88. The van der Waals surface area contributed by atoms with Crippen molar-refractivity contribution in [2.75, 3.05) is 19.3 Å². The molecule has 1 saturated heterocycles. The SMILES string of the molecule is CC(c1cc(-c2n[nH]c(C(F)(F)F)n2)cnc1CN1CCC(c2cccc3c2O[C@@](C)(c2ccc(Cl)cc2F)O3)CC1)S(C)(=O)=O. The molecule has 4 aromatic rings. The first-order chi connectivity index (χ1) is 21.6. The van der Waals surface area contributed by atoms with Gasteiger partial charge in [-0.15, -0.1) is 0 Å². The lowest BCUT2D eigenvalue weighted by molar-refractivity contribution is -0.144. The lowest BCUT2D eigenvalue weighted by Crippen LogP contribution is -2.34. The minimum Gasteiger partial charge on any atom is -0.444 e. The molecule has 0 spiro atoms. The number of hydrogen-bond donors (Lipinski definition) is 1. The number of piperidine rings is 1. The van der Waals surface area contributed by atoms with E-state index in [1.54, 1.807) is 25.1 Å². The maximum atomic E-state index is 14.8. The number of aromatic amines is 1. The number of alkyl halides is 3. The minimum absolute atomic E-state index is 0.116. The molecule has 0 saturated carbocycles. The van der Waals surface area contributed by atoms with Crippen molar-refractivity contribution in [3.05, 3.63) is 87.7 Å². The molecule has 1 unspecified atom stereocenters. The van der Waals surface area contributed by atoms with E-state index in [4.69, 9.17) is 21.1 Å². The quantitative estimate of drug-likeness (QED) is 0.212. The monoisotopic (exact) mass is 679 g/mol. The smallest absolute Gasteiger partial charge is 0.444 e. The molecule has 0 radical (unpaired) electrons. The lowest BCUT2D eigenvalue weighted by Gasteiger charge is -2.33. The molecule has 1 N–H and O–H groups in total. The van der Waals surface area contributed by atoms with E-state index in [9.17, 15) is 26.0 Å². The second-order valence-corrected chi connectivity index (χ2v) is 14.5. The fourth-order valence-corrected chi connectivity index (χ4v) is 6.74. The summed E-state index contributed by atoms with van der Waals surface area (Å²) in [6, 6.07) is 11.5. The summed E-state index contributed by atoms with van der Waals surface area (Å²) in [6.45, 7) is 4.84. The van der Waals surface area contributed by atoms with Gasteiger partial charge in [-0.3, -0.25) is 15.0 Å². The Kier molecular flexibility index (Phi) is 8.26. The van der Waals surface area contributed by atoms with Crippen molar-refractivity contribution in [1.29, 1.82) is 0 Å². The van der Waals surface area contributed by atoms with Crippen molar-refractivity contribution < 1.29 is 35.5 Å². The molecule has 0 aliphatic carbocycles. The van der Waals surface area contributed by atoms with Crippen LogP contribution in [0.4, 0.5) is 17.6 Å². The van der Waals surface area contributed by atoms with Crippen LogP contribution in [0.25, 0.3) is 11.4 Å². The molecule has 2 aromatic heterocycles. The Morgan fingerprint density at radius 2 is 1.89 bits per heavy atom. The third-order valence-corrected chi connectivity index (χ3v) is 10.3. The van der Waals surface area contributed by atoms with Gasteiger partial charge >= 0.3 is 6.18 Å². The van der Waals surface area contributed by atoms with Gasteiger partial charge in [-0.1, -0.05) is 23.7 Å². The highest BCUT2D eigenvalue weighted by Gasteiger charge is 2.43. The van der Waals surface area contributed by atoms with Gasteiger partial charge in [-0.2, -0.15) is 18.3 Å². The van der Waals surface area contributed by atoms with Crippen molar-refractivity contribution in [3.63, 3.8) is 0 Å². The van der Waals surface area contributed by atoms with Gasteiger partial charge < -0.3 is 9.47 Å². The Hall–Kier alpha value is -3.75. The minimum atomic E-state index is -4.71. The Labute approximate surface area is 267 Å². The number of aromatic nitrogens is 4. The summed E-state index contributed by atoms with van der Waals surface area (Å²) in [5.74, 6) is -2.17. The van der Waals surface area contributed by atoms with Crippen LogP contribution in [0.3, 0.4) is 0 Å². The van der Waals surface area contributed by atoms with Gasteiger partial charge in [0.25, 0.3) is 5.79 Å². The van der Waals surface area contributed by atoms with E-state index in [0.717, 1.165) is 24.7 Å². The van der Waals surface area contributed by atoms with Crippen LogP contribution in [0.2, 0.25) is 5.02 Å². The summed E-state index contributed by atoms with van der Waals surface area (Å²) in [5, 5.41) is 4.84. The summed E-state index contributed by atoms with van der Waals surface area (Å²) >= 11 is 5.94. The van der Waals surface area contributed by atoms with Crippen LogP contribution >= 0.6 is 11.6 Å². The Morgan fingerprint density at radius 1 is 1.15 bits per heavy atom. The van der Waals surface area contributed by atoms with Crippen LogP contribution in [0, 0.1) is 5.82 Å². The summed E-state index contributed by atoms with van der Waals surface area (Å²) in [6.07, 6.45) is -0.753. The third kappa shape index (κ3) is 6.29. The first-order valence-corrected chi connectivity index (χ1v) is 16.8. The van der Waals surface area contributed by atoms with Gasteiger partial charge in [-0.25, -0.2) is 17.8 Å². The van der Waals surface area contributed by atoms with Gasteiger partial charge in [0.15, 0.2) is 27.2 Å². The highest BCUT2D eigenvalue weighted by Crippen LogP contribution is 2.50. The molecule has 0 bridgehead atoms. The zero-order chi connectivity index (χ0) is 33.0. The van der Waals surface area contributed by atoms with E-state index in [2.05, 4.69) is 20.0 Å². The fraction of sp³-hybridized carbons (Fsp3) is 0.387. The molecule has 0 amide bonds. The molecule has 46 heavy (non-hydrogen) atoms. The number of H-pyrrole nitrogens is 1. The van der Waals surface area contributed by atoms with E-state index in [-0.39, 0.29) is 27.9 Å². The van der Waals surface area contributed by atoms with Crippen molar-refractivity contribution in [3.8, 4) is 22.9 Å². The van der Waals surface area contributed by atoms with Gasteiger partial charge in [0.05, 0.1) is 16.5 Å². The van der Waals surface area contributed by atoms with Gasteiger partial charge in [0.2, 0.25) is 5.82 Å². The van der Waals surface area contributed by atoms with E-state index in [1.807, 2.05) is 17.2 Å². The van der Waals surface area contributed by atoms with Crippen LogP contribution in [0.5, 0.6) is 11.5 Å². The van der Waals surface area contributed by atoms with Crippen molar-refractivity contribution in [2.24, 2.45) is 0 Å². The van der Waals surface area contributed by atoms with E-state index in [0.29, 0.717) is 42.4 Å². The second kappa shape index (κ2) is 11.8. The van der Waals surface area contributed by atoms with E-state index >= 15 is 0 Å². The number of rotatable bonds is 7. The molecule has 6 rings (SSSR count). The van der Waals surface area contributed by atoms with Crippen molar-refractivity contribution in [1.82, 2.24) is 25.1 Å². The molecule has 2 atom stereocenters. The van der Waals surface area contributed by atoms with E-state index in [1.165, 1.54) is 25.3 Å². The Morgan fingerprint density at radius 3 is 2.54 bits per heavy atom. The highest BCUT2D eigenvalue weighted by atomic mass is 35.5. The molecule has 2 aliphatic rings. The molecule has 1 fully saturated rings. The molecule has 15 heteroatoms. The number of hydrogen-bond acceptors (Lipinski definition) is 8. The molecular weight excluding hydrogens is 650 g/mol. The molecule has 4 heterocycles. The van der Waals surface area contributed by atoms with Gasteiger partial charge in [0, 0.05) is 42.1 Å². The molecule has 2 aliphatic heterocycles. The summed E-state index contributed by atoms with van der Waals surface area (Å²) in [5.41, 5.74) is 2.24. The number of likely N-dealkylation sites (tertiary alicyclic amines) is 1. The average molecular weight is 680 g/mol. The number of nitrogens with zero attached hydrogens (tertiary/aromatic N) is 4. The number of benzene rings is 2. The Bertz CT molecular complexity index is 1900. The fourth-order valence-electron chi connectivity index (χ4n) is 5.92. The van der Waals surface area contributed by atoms with Crippen molar-refractivity contribution >= 4 is 21.4 Å². The molecular formula is C31H30ClF4N5O4S. The second-order valence-electron chi connectivity index (χ2n) is 11.7. The average Bonchev–Trinajstić information content (AvgIpc) is 3.62. The predicted octanol–water partition coefficient (Wildman–Crippen LogP) is 6.81. The van der Waals surface area contributed by atoms with E-state index < -0.39 is 38.7 Å². The largest absolute Gasteiger partial charge is 0.451 e. The number of pyridine rings is 1. The zero-order valence-corrected chi connectivity index (χ0v) is 26.6. The van der Waals surface area contributed by atoms with Crippen LogP contribution in [0.15, 0.2) is 48.7 Å². The number of para-hydroxylation sites is 1. The highest BCUT2D eigenvalue weighted by molar-refractivity contribution is 7.90. The normalized spacial score (nSPS) is 19.8. The summed E-state index contributed by atoms with van der Waals surface area (Å²) < 4.78 is 91.5. The standard InChI is InChI=1S/C31H30ClF4N5O4S/c1-17(46(3,42)43)22-13-19(28-38-29(40-39-28)31(34,35)36)15-37-25(22)16-41-11-9-18(10-12-41)21-5-4-6-26-27(21)45-30(2,44-26)23-8-7-20(32)14-24(23)33/h4-8,13-15,17-18H,9-12,16H2,1-3H3,(H,38,39,40)/t17?,30-/m0/s1. The maximum Gasteiger partial charge on any atom is 0.451 e.